The fraction of sp³-hybridized carbons (Fsp3) is 0.400. The number of benzene rings is 2. The summed E-state index contributed by atoms with van der Waals surface area (Å²) in [6.45, 7) is 11.7. The van der Waals surface area contributed by atoms with Crippen LogP contribution in [0.5, 0.6) is 0 Å². The Balaban J connectivity index is 1.77. The number of nitrogens with zero attached hydrogens (tertiary/aromatic N) is 1. The van der Waals surface area contributed by atoms with Crippen LogP contribution in [0.2, 0.25) is 5.02 Å². The Bertz CT molecular complexity index is 1190. The molecule has 36 heavy (non-hydrogen) atoms. The largest absolute Gasteiger partial charge is 0.460 e. The summed E-state index contributed by atoms with van der Waals surface area (Å²) in [6.07, 6.45) is 0.831. The summed E-state index contributed by atoms with van der Waals surface area (Å²) in [5.74, 6) is -0.726. The van der Waals surface area contributed by atoms with Gasteiger partial charge < -0.3 is 15.0 Å². The van der Waals surface area contributed by atoms with Crippen molar-refractivity contribution in [1.82, 2.24) is 5.32 Å². The van der Waals surface area contributed by atoms with Gasteiger partial charge >= 0.3 is 5.97 Å². The van der Waals surface area contributed by atoms with Crippen molar-refractivity contribution in [1.29, 1.82) is 0 Å². The van der Waals surface area contributed by atoms with E-state index in [0.717, 1.165) is 41.3 Å². The normalized spacial score (nSPS) is 19.8. The summed E-state index contributed by atoms with van der Waals surface area (Å²) in [7, 11) is 0. The molecule has 1 N–H and O–H groups in total. The maximum Gasteiger partial charge on any atom is 0.337 e. The number of carbonyl (C=O) groups excluding carboxylic acids is 2. The smallest absolute Gasteiger partial charge is 0.337 e. The monoisotopic (exact) mass is 506 g/mol. The molecule has 0 radical (unpaired) electrons. The molecule has 6 heteroatoms. The SMILES string of the molecule is CCN(CC)c1ccc([C@@H]2C(C(=O)OC(C)C)=C(C)NC3=C2C(=O)C[C@H](c2ccc(Cl)cc2)C3)cc1. The number of hydrogen-bond donors (Lipinski definition) is 1. The molecule has 2 atom stereocenters. The molecule has 4 rings (SSSR count). The maximum atomic E-state index is 13.7. The molecule has 0 bridgehead atoms. The van der Waals surface area contributed by atoms with Gasteiger partial charge in [-0.25, -0.2) is 4.79 Å². The minimum absolute atomic E-state index is 0.0590. The Labute approximate surface area is 219 Å². The van der Waals surface area contributed by atoms with Gasteiger partial charge in [-0.05, 0) is 82.3 Å². The molecule has 0 unspecified atom stereocenters. The number of halogens is 1. The van der Waals surface area contributed by atoms with E-state index in [-0.39, 0.29) is 23.8 Å². The van der Waals surface area contributed by atoms with Gasteiger partial charge in [-0.3, -0.25) is 4.79 Å². The fourth-order valence-corrected chi connectivity index (χ4v) is 5.48. The van der Waals surface area contributed by atoms with E-state index in [1.54, 1.807) is 0 Å². The van der Waals surface area contributed by atoms with Crippen LogP contribution >= 0.6 is 11.6 Å². The first-order valence-electron chi connectivity index (χ1n) is 12.8. The molecule has 0 amide bonds. The summed E-state index contributed by atoms with van der Waals surface area (Å²) in [5, 5.41) is 4.09. The second-order valence-electron chi connectivity index (χ2n) is 9.79. The Morgan fingerprint density at radius 3 is 2.22 bits per heavy atom. The van der Waals surface area contributed by atoms with Gasteiger partial charge in [0.1, 0.15) is 0 Å². The summed E-state index contributed by atoms with van der Waals surface area (Å²) in [6, 6.07) is 16.0. The predicted octanol–water partition coefficient (Wildman–Crippen LogP) is 6.50. The average Bonchev–Trinajstić information content (AvgIpc) is 2.84. The number of Topliss-reactive ketones (excluding diaryl/α,β-unsaturated/α-hetero) is 1. The minimum atomic E-state index is -0.461. The summed E-state index contributed by atoms with van der Waals surface area (Å²) in [5.41, 5.74) is 5.95. The molecule has 190 valence electrons. The number of rotatable bonds is 7. The van der Waals surface area contributed by atoms with E-state index < -0.39 is 5.92 Å². The highest BCUT2D eigenvalue weighted by atomic mass is 35.5. The van der Waals surface area contributed by atoms with Crippen LogP contribution in [0.1, 0.15) is 70.4 Å². The Hall–Kier alpha value is -3.05. The predicted molar refractivity (Wildman–Crippen MR) is 145 cm³/mol. The third-order valence-corrected chi connectivity index (χ3v) is 7.34. The first-order valence-corrected chi connectivity index (χ1v) is 13.2. The third kappa shape index (κ3) is 5.22. The van der Waals surface area contributed by atoms with Crippen molar-refractivity contribution in [2.45, 2.75) is 65.4 Å². The number of esters is 1. The molecule has 2 aromatic carbocycles. The molecule has 2 aliphatic rings. The molecular weight excluding hydrogens is 472 g/mol. The number of ketones is 1. The highest BCUT2D eigenvalue weighted by Crippen LogP contribution is 2.46. The van der Waals surface area contributed by atoms with E-state index in [4.69, 9.17) is 16.3 Å². The van der Waals surface area contributed by atoms with Gasteiger partial charge in [0.15, 0.2) is 5.78 Å². The van der Waals surface area contributed by atoms with Crippen molar-refractivity contribution >= 4 is 29.0 Å². The molecule has 0 aromatic heterocycles. The van der Waals surface area contributed by atoms with Crippen LogP contribution in [0.15, 0.2) is 71.1 Å². The zero-order valence-corrected chi connectivity index (χ0v) is 22.5. The van der Waals surface area contributed by atoms with Crippen molar-refractivity contribution in [3.8, 4) is 0 Å². The molecular formula is C30H35ClN2O3. The molecule has 0 saturated heterocycles. The van der Waals surface area contributed by atoms with Crippen molar-refractivity contribution in [2.75, 3.05) is 18.0 Å². The van der Waals surface area contributed by atoms with Gasteiger partial charge in [-0.15, -0.1) is 0 Å². The lowest BCUT2D eigenvalue weighted by Gasteiger charge is -2.37. The van der Waals surface area contributed by atoms with E-state index in [1.165, 1.54) is 0 Å². The van der Waals surface area contributed by atoms with Crippen LogP contribution < -0.4 is 10.2 Å². The Kier molecular flexibility index (Phi) is 7.89. The van der Waals surface area contributed by atoms with Gasteiger partial charge in [0.05, 0.1) is 11.7 Å². The van der Waals surface area contributed by atoms with E-state index >= 15 is 0 Å². The zero-order chi connectivity index (χ0) is 26.0. The van der Waals surface area contributed by atoms with E-state index in [1.807, 2.05) is 57.2 Å². The van der Waals surface area contributed by atoms with E-state index in [2.05, 4.69) is 36.2 Å². The van der Waals surface area contributed by atoms with Crippen molar-refractivity contribution in [3.05, 3.63) is 87.2 Å². The number of allylic oxidation sites excluding steroid dienone is 3. The minimum Gasteiger partial charge on any atom is -0.460 e. The van der Waals surface area contributed by atoms with Gasteiger partial charge in [0.2, 0.25) is 0 Å². The highest BCUT2D eigenvalue weighted by Gasteiger charge is 2.41. The second kappa shape index (κ2) is 10.9. The van der Waals surface area contributed by atoms with Crippen LogP contribution in [0, 0.1) is 0 Å². The first kappa shape index (κ1) is 26.0. The second-order valence-corrected chi connectivity index (χ2v) is 10.2. The summed E-state index contributed by atoms with van der Waals surface area (Å²) < 4.78 is 5.63. The molecule has 0 spiro atoms. The van der Waals surface area contributed by atoms with Crippen LogP contribution in [-0.2, 0) is 14.3 Å². The lowest BCUT2D eigenvalue weighted by molar-refractivity contribution is -0.143. The number of anilines is 1. The maximum absolute atomic E-state index is 13.7. The number of nitrogens with one attached hydrogen (secondary N) is 1. The lowest BCUT2D eigenvalue weighted by Crippen LogP contribution is -2.36. The Morgan fingerprint density at radius 2 is 1.64 bits per heavy atom. The fourth-order valence-electron chi connectivity index (χ4n) is 5.36. The Morgan fingerprint density at radius 1 is 1.03 bits per heavy atom. The van der Waals surface area contributed by atoms with Crippen molar-refractivity contribution < 1.29 is 14.3 Å². The number of hydrogen-bond acceptors (Lipinski definition) is 5. The quantitative estimate of drug-likeness (QED) is 0.434. The number of carbonyl (C=O) groups is 2. The summed E-state index contributed by atoms with van der Waals surface area (Å²) in [4.78, 5) is 29.3. The molecule has 1 aliphatic carbocycles. The average molecular weight is 507 g/mol. The topological polar surface area (TPSA) is 58.6 Å². The summed E-state index contributed by atoms with van der Waals surface area (Å²) >= 11 is 6.09. The standard InChI is InChI=1S/C30H35ClN2O3/c1-6-33(7-2)24-14-10-21(11-15-24)28-27(30(35)36-18(3)4)19(5)32-25-16-22(17-26(34)29(25)28)20-8-12-23(31)13-9-20/h8-15,18,22,28,32H,6-7,16-17H2,1-5H3/t22-,28-/m1/s1. The van der Waals surface area contributed by atoms with Crippen LogP contribution in [0.3, 0.4) is 0 Å². The van der Waals surface area contributed by atoms with Gasteiger partial charge in [0, 0.05) is 53.1 Å². The highest BCUT2D eigenvalue weighted by molar-refractivity contribution is 6.30. The zero-order valence-electron chi connectivity index (χ0n) is 21.7. The van der Waals surface area contributed by atoms with Crippen LogP contribution in [-0.4, -0.2) is 30.9 Å². The van der Waals surface area contributed by atoms with Crippen LogP contribution in [0.25, 0.3) is 0 Å². The van der Waals surface area contributed by atoms with Gasteiger partial charge in [-0.1, -0.05) is 35.9 Å². The molecule has 5 nitrogen and oxygen atoms in total. The molecule has 1 aliphatic heterocycles. The number of ether oxygens (including phenoxy) is 1. The lowest BCUT2D eigenvalue weighted by atomic mass is 9.71. The molecule has 2 aromatic rings. The van der Waals surface area contributed by atoms with Gasteiger partial charge in [0.25, 0.3) is 0 Å². The van der Waals surface area contributed by atoms with E-state index in [9.17, 15) is 9.59 Å². The van der Waals surface area contributed by atoms with Gasteiger partial charge in [-0.2, -0.15) is 0 Å². The molecule has 1 heterocycles. The van der Waals surface area contributed by atoms with Crippen LogP contribution in [0.4, 0.5) is 5.69 Å². The number of dihydropyridines is 1. The first-order chi connectivity index (χ1) is 17.2. The van der Waals surface area contributed by atoms with E-state index in [0.29, 0.717) is 29.0 Å². The molecule has 0 fully saturated rings. The molecule has 0 saturated carbocycles. The van der Waals surface area contributed by atoms with Crippen molar-refractivity contribution in [2.24, 2.45) is 0 Å². The van der Waals surface area contributed by atoms with Crippen molar-refractivity contribution in [3.63, 3.8) is 0 Å². The third-order valence-electron chi connectivity index (χ3n) is 7.09.